The second-order valence-corrected chi connectivity index (χ2v) is 7.45. The first kappa shape index (κ1) is 20.5. The van der Waals surface area contributed by atoms with Crippen LogP contribution in [0.25, 0.3) is 6.08 Å². The third-order valence-electron chi connectivity index (χ3n) is 4.32. The molecule has 0 spiro atoms. The van der Waals surface area contributed by atoms with Crippen molar-refractivity contribution in [3.05, 3.63) is 99.1 Å². The Morgan fingerprint density at radius 3 is 2.48 bits per heavy atom. The highest BCUT2D eigenvalue weighted by Gasteiger charge is 2.16. The maximum Gasteiger partial charge on any atom is 0.267 e. The van der Waals surface area contributed by atoms with Crippen LogP contribution in [0.15, 0.2) is 71.7 Å². The highest BCUT2D eigenvalue weighted by atomic mass is 32.1. The molecule has 29 heavy (non-hydrogen) atoms. The van der Waals surface area contributed by atoms with Crippen molar-refractivity contribution in [3.8, 4) is 0 Å². The van der Waals surface area contributed by atoms with Gasteiger partial charge >= 0.3 is 0 Å². The molecule has 0 radical (unpaired) electrons. The summed E-state index contributed by atoms with van der Waals surface area (Å²) in [7, 11) is 0. The second kappa shape index (κ2) is 9.80. The molecule has 1 aromatic heterocycles. The van der Waals surface area contributed by atoms with Crippen LogP contribution in [0.1, 0.15) is 26.4 Å². The number of aryl methyl sites for hydroxylation is 1. The van der Waals surface area contributed by atoms with Crippen molar-refractivity contribution in [3.63, 3.8) is 0 Å². The zero-order valence-electron chi connectivity index (χ0n) is 15.9. The van der Waals surface area contributed by atoms with Gasteiger partial charge in [-0.05, 0) is 60.2 Å². The van der Waals surface area contributed by atoms with Crippen LogP contribution in [-0.4, -0.2) is 18.4 Å². The molecule has 4 nitrogen and oxygen atoms in total. The van der Waals surface area contributed by atoms with E-state index in [9.17, 15) is 14.0 Å². The summed E-state index contributed by atoms with van der Waals surface area (Å²) in [6, 6.07) is 17.1. The Labute approximate surface area is 173 Å². The molecular weight excluding hydrogens is 387 g/mol. The van der Waals surface area contributed by atoms with Crippen molar-refractivity contribution in [1.82, 2.24) is 10.6 Å². The molecule has 148 valence electrons. The van der Waals surface area contributed by atoms with E-state index in [1.165, 1.54) is 23.5 Å². The molecule has 2 N–H and O–H groups in total. The zero-order valence-corrected chi connectivity index (χ0v) is 16.8. The number of halogens is 1. The molecule has 3 rings (SSSR count). The highest BCUT2D eigenvalue weighted by molar-refractivity contribution is 7.10. The van der Waals surface area contributed by atoms with Crippen LogP contribution in [-0.2, 0) is 11.2 Å². The SMILES string of the molecule is Cc1ccccc1C(=O)N/C(=C\c1cccs1)C(=O)NCCc1ccc(F)cc1. The van der Waals surface area contributed by atoms with Gasteiger partial charge in [0.25, 0.3) is 11.8 Å². The van der Waals surface area contributed by atoms with Crippen LogP contribution in [0.5, 0.6) is 0 Å². The molecule has 0 saturated heterocycles. The van der Waals surface area contributed by atoms with Crippen LogP contribution < -0.4 is 10.6 Å². The van der Waals surface area contributed by atoms with Crippen LogP contribution in [0.3, 0.4) is 0 Å². The molecule has 1 heterocycles. The largest absolute Gasteiger partial charge is 0.350 e. The summed E-state index contributed by atoms with van der Waals surface area (Å²) in [6.07, 6.45) is 2.22. The van der Waals surface area contributed by atoms with Crippen molar-refractivity contribution in [2.24, 2.45) is 0 Å². The Morgan fingerprint density at radius 2 is 1.79 bits per heavy atom. The van der Waals surface area contributed by atoms with Gasteiger partial charge < -0.3 is 10.6 Å². The van der Waals surface area contributed by atoms with E-state index in [1.54, 1.807) is 30.3 Å². The van der Waals surface area contributed by atoms with E-state index in [1.807, 2.05) is 36.6 Å². The summed E-state index contributed by atoms with van der Waals surface area (Å²) in [4.78, 5) is 26.2. The first-order valence-corrected chi connectivity index (χ1v) is 10.1. The van der Waals surface area contributed by atoms with E-state index in [2.05, 4.69) is 10.6 Å². The average Bonchev–Trinajstić information content (AvgIpc) is 3.22. The predicted octanol–water partition coefficient (Wildman–Crippen LogP) is 4.33. The van der Waals surface area contributed by atoms with E-state index < -0.39 is 0 Å². The second-order valence-electron chi connectivity index (χ2n) is 6.47. The fourth-order valence-corrected chi connectivity index (χ4v) is 3.42. The van der Waals surface area contributed by atoms with Crippen molar-refractivity contribution >= 4 is 29.2 Å². The van der Waals surface area contributed by atoms with E-state index in [-0.39, 0.29) is 23.3 Å². The molecule has 0 fully saturated rings. The molecule has 2 amide bonds. The number of rotatable bonds is 7. The quantitative estimate of drug-likeness (QED) is 0.572. The molecule has 0 aliphatic carbocycles. The Hall–Kier alpha value is -3.25. The third-order valence-corrected chi connectivity index (χ3v) is 5.14. The lowest BCUT2D eigenvalue weighted by Gasteiger charge is -2.12. The van der Waals surface area contributed by atoms with Crippen LogP contribution in [0.2, 0.25) is 0 Å². The molecule has 6 heteroatoms. The van der Waals surface area contributed by atoms with Gasteiger partial charge in [-0.1, -0.05) is 36.4 Å². The fraction of sp³-hybridized carbons (Fsp3) is 0.130. The number of benzene rings is 2. The lowest BCUT2D eigenvalue weighted by Crippen LogP contribution is -2.36. The Morgan fingerprint density at radius 1 is 1.03 bits per heavy atom. The summed E-state index contributed by atoms with van der Waals surface area (Å²) >= 11 is 1.47. The monoisotopic (exact) mass is 408 g/mol. The molecular formula is C23H21FN2O2S. The number of hydrogen-bond donors (Lipinski definition) is 2. The summed E-state index contributed by atoms with van der Waals surface area (Å²) in [6.45, 7) is 2.22. The van der Waals surface area contributed by atoms with Gasteiger partial charge in [0.15, 0.2) is 0 Å². The summed E-state index contributed by atoms with van der Waals surface area (Å²) < 4.78 is 13.0. The number of amides is 2. The van der Waals surface area contributed by atoms with Gasteiger partial charge in [-0.25, -0.2) is 4.39 Å². The van der Waals surface area contributed by atoms with Crippen LogP contribution in [0, 0.1) is 12.7 Å². The van der Waals surface area contributed by atoms with Gasteiger partial charge in [-0.15, -0.1) is 11.3 Å². The summed E-state index contributed by atoms with van der Waals surface area (Å²) in [5.41, 5.74) is 2.44. The average molecular weight is 408 g/mol. The third kappa shape index (κ3) is 5.86. The van der Waals surface area contributed by atoms with Gasteiger partial charge in [0.2, 0.25) is 0 Å². The minimum Gasteiger partial charge on any atom is -0.350 e. The predicted molar refractivity (Wildman–Crippen MR) is 114 cm³/mol. The molecule has 0 aliphatic heterocycles. The number of nitrogens with one attached hydrogen (secondary N) is 2. The van der Waals surface area contributed by atoms with Crippen molar-refractivity contribution < 1.29 is 14.0 Å². The Balaban J connectivity index is 1.69. The van der Waals surface area contributed by atoms with E-state index in [0.29, 0.717) is 18.5 Å². The summed E-state index contributed by atoms with van der Waals surface area (Å²) in [5, 5.41) is 7.46. The first-order valence-electron chi connectivity index (χ1n) is 9.18. The van der Waals surface area contributed by atoms with Gasteiger partial charge in [0.05, 0.1) is 0 Å². The van der Waals surface area contributed by atoms with Gasteiger partial charge in [0, 0.05) is 17.0 Å². The van der Waals surface area contributed by atoms with Gasteiger partial charge in [-0.3, -0.25) is 9.59 Å². The van der Waals surface area contributed by atoms with E-state index in [4.69, 9.17) is 0 Å². The molecule has 0 saturated carbocycles. The smallest absolute Gasteiger partial charge is 0.267 e. The Bertz CT molecular complexity index is 1010. The number of carbonyl (C=O) groups is 2. The normalized spacial score (nSPS) is 11.2. The molecule has 2 aromatic carbocycles. The molecule has 0 atom stereocenters. The van der Waals surface area contributed by atoms with Gasteiger partial charge in [0.1, 0.15) is 11.5 Å². The topological polar surface area (TPSA) is 58.2 Å². The van der Waals surface area contributed by atoms with Crippen molar-refractivity contribution in [1.29, 1.82) is 0 Å². The van der Waals surface area contributed by atoms with Crippen LogP contribution >= 0.6 is 11.3 Å². The summed E-state index contributed by atoms with van der Waals surface area (Å²) in [5.74, 6) is -1.00. The van der Waals surface area contributed by atoms with E-state index >= 15 is 0 Å². The van der Waals surface area contributed by atoms with Crippen LogP contribution in [0.4, 0.5) is 4.39 Å². The Kier molecular flexibility index (Phi) is 6.92. The highest BCUT2D eigenvalue weighted by Crippen LogP contribution is 2.14. The maximum absolute atomic E-state index is 13.0. The molecule has 0 bridgehead atoms. The number of thiophene rings is 1. The first-order chi connectivity index (χ1) is 14.0. The van der Waals surface area contributed by atoms with Gasteiger partial charge in [-0.2, -0.15) is 0 Å². The zero-order chi connectivity index (χ0) is 20.6. The fourth-order valence-electron chi connectivity index (χ4n) is 2.76. The molecule has 0 aliphatic rings. The number of hydrogen-bond acceptors (Lipinski definition) is 3. The van der Waals surface area contributed by atoms with E-state index in [0.717, 1.165) is 16.0 Å². The van der Waals surface area contributed by atoms with Crippen molar-refractivity contribution in [2.75, 3.05) is 6.54 Å². The number of carbonyl (C=O) groups excluding carboxylic acids is 2. The lowest BCUT2D eigenvalue weighted by molar-refractivity contribution is -0.117. The lowest BCUT2D eigenvalue weighted by atomic mass is 10.1. The molecule has 0 unspecified atom stereocenters. The van der Waals surface area contributed by atoms with Crippen molar-refractivity contribution in [2.45, 2.75) is 13.3 Å². The molecule has 3 aromatic rings. The minimum atomic E-state index is -0.373. The maximum atomic E-state index is 13.0. The standard InChI is InChI=1S/C23H21FN2O2S/c1-16-5-2-3-7-20(16)22(27)26-21(15-19-6-4-14-29-19)23(28)25-13-12-17-8-10-18(24)11-9-17/h2-11,14-15H,12-13H2,1H3,(H,25,28)(H,26,27)/b21-15-. The minimum absolute atomic E-state index is 0.180.